The summed E-state index contributed by atoms with van der Waals surface area (Å²) in [7, 11) is 0. The normalized spacial score (nSPS) is 11.4. The van der Waals surface area contributed by atoms with E-state index in [0.29, 0.717) is 0 Å². The van der Waals surface area contributed by atoms with E-state index in [2.05, 4.69) is 4.98 Å². The van der Waals surface area contributed by atoms with Crippen molar-refractivity contribution in [2.24, 2.45) is 0 Å². The number of rotatable bonds is 4. The number of hydrogen-bond acceptors (Lipinski definition) is 3. The van der Waals surface area contributed by atoms with Crippen LogP contribution in [0.3, 0.4) is 0 Å². The average Bonchev–Trinajstić information content (AvgIpc) is 2.62. The van der Waals surface area contributed by atoms with Gasteiger partial charge in [-0.2, -0.15) is 0 Å². The SMILES string of the molecule is Cc1nccc(C=Cc2ccc(O)cc2)c1C=Cc1ccc(O)cc1. The van der Waals surface area contributed by atoms with Gasteiger partial charge in [-0.05, 0) is 53.9 Å². The molecule has 0 amide bonds. The molecule has 0 aliphatic heterocycles. The number of phenols is 2. The third-order valence-corrected chi connectivity index (χ3v) is 3.91. The van der Waals surface area contributed by atoms with Gasteiger partial charge in [-0.25, -0.2) is 0 Å². The third kappa shape index (κ3) is 4.36. The lowest BCUT2D eigenvalue weighted by molar-refractivity contribution is 0.474. The van der Waals surface area contributed by atoms with Crippen molar-refractivity contribution in [2.45, 2.75) is 6.92 Å². The maximum absolute atomic E-state index is 9.37. The third-order valence-electron chi connectivity index (χ3n) is 3.91. The molecule has 3 rings (SSSR count). The zero-order chi connectivity index (χ0) is 17.6. The molecule has 0 saturated heterocycles. The molecule has 2 N–H and O–H groups in total. The lowest BCUT2D eigenvalue weighted by atomic mass is 10.0. The minimum atomic E-state index is 0.257. The summed E-state index contributed by atoms with van der Waals surface area (Å²) >= 11 is 0. The van der Waals surface area contributed by atoms with Crippen LogP contribution in [0, 0.1) is 6.92 Å². The van der Waals surface area contributed by atoms with E-state index in [4.69, 9.17) is 0 Å². The topological polar surface area (TPSA) is 53.4 Å². The lowest BCUT2D eigenvalue weighted by Crippen LogP contribution is -1.89. The van der Waals surface area contributed by atoms with E-state index in [0.717, 1.165) is 27.9 Å². The Labute approximate surface area is 147 Å². The second kappa shape index (κ2) is 7.49. The number of pyridine rings is 1. The van der Waals surface area contributed by atoms with Crippen LogP contribution in [0.25, 0.3) is 24.3 Å². The molecule has 3 heteroatoms. The summed E-state index contributed by atoms with van der Waals surface area (Å²) < 4.78 is 0. The first kappa shape index (κ1) is 16.5. The van der Waals surface area contributed by atoms with E-state index in [-0.39, 0.29) is 11.5 Å². The fourth-order valence-corrected chi connectivity index (χ4v) is 2.50. The van der Waals surface area contributed by atoms with Crippen molar-refractivity contribution in [3.8, 4) is 11.5 Å². The summed E-state index contributed by atoms with van der Waals surface area (Å²) in [6.07, 6.45) is 9.87. The molecule has 0 spiro atoms. The summed E-state index contributed by atoms with van der Waals surface area (Å²) in [6.45, 7) is 1.98. The first-order valence-electron chi connectivity index (χ1n) is 8.02. The molecule has 2 aromatic carbocycles. The molecule has 0 fully saturated rings. The van der Waals surface area contributed by atoms with Gasteiger partial charge in [0.05, 0.1) is 0 Å². The number of aryl methyl sites for hydroxylation is 1. The van der Waals surface area contributed by atoms with Gasteiger partial charge in [0.1, 0.15) is 11.5 Å². The molecule has 3 aromatic rings. The maximum atomic E-state index is 9.37. The fraction of sp³-hybridized carbons (Fsp3) is 0.0455. The molecule has 3 nitrogen and oxygen atoms in total. The summed E-state index contributed by atoms with van der Waals surface area (Å²) in [5.41, 5.74) is 5.08. The highest BCUT2D eigenvalue weighted by Gasteiger charge is 2.01. The van der Waals surface area contributed by atoms with E-state index < -0.39 is 0 Å². The highest BCUT2D eigenvalue weighted by molar-refractivity contribution is 5.80. The number of nitrogens with zero attached hydrogens (tertiary/aromatic N) is 1. The van der Waals surface area contributed by atoms with Gasteiger partial charge in [-0.3, -0.25) is 4.98 Å². The quantitative estimate of drug-likeness (QED) is 0.696. The van der Waals surface area contributed by atoms with Crippen LogP contribution >= 0.6 is 0 Å². The van der Waals surface area contributed by atoms with Crippen LogP contribution in [0.2, 0.25) is 0 Å². The Hall–Kier alpha value is -3.33. The predicted molar refractivity (Wildman–Crippen MR) is 103 cm³/mol. The van der Waals surface area contributed by atoms with Crippen molar-refractivity contribution in [1.82, 2.24) is 4.98 Å². The largest absolute Gasteiger partial charge is 0.508 e. The summed E-state index contributed by atoms with van der Waals surface area (Å²) in [6, 6.07) is 16.1. The molecule has 0 radical (unpaired) electrons. The van der Waals surface area contributed by atoms with E-state index in [9.17, 15) is 10.2 Å². The molecule has 0 bridgehead atoms. The summed E-state index contributed by atoms with van der Waals surface area (Å²) in [5, 5.41) is 18.7. The van der Waals surface area contributed by atoms with Gasteiger partial charge in [0.15, 0.2) is 0 Å². The first-order chi connectivity index (χ1) is 12.1. The van der Waals surface area contributed by atoms with Crippen LogP contribution in [0.1, 0.15) is 27.9 Å². The van der Waals surface area contributed by atoms with Gasteiger partial charge in [-0.1, -0.05) is 48.6 Å². The van der Waals surface area contributed by atoms with Crippen LogP contribution in [0.15, 0.2) is 60.8 Å². The Morgan fingerprint density at radius 2 is 1.20 bits per heavy atom. The summed E-state index contributed by atoms with van der Waals surface area (Å²) in [5.74, 6) is 0.515. The standard InChI is InChI=1S/C22H19NO2/c1-16-22(13-7-18-5-11-21(25)12-6-18)19(14-15-23-16)8-2-17-3-9-20(24)10-4-17/h2-15,24-25H,1H3. The van der Waals surface area contributed by atoms with Crippen molar-refractivity contribution < 1.29 is 10.2 Å². The van der Waals surface area contributed by atoms with E-state index in [1.807, 2.05) is 61.6 Å². The van der Waals surface area contributed by atoms with Crippen molar-refractivity contribution in [3.63, 3.8) is 0 Å². The van der Waals surface area contributed by atoms with Gasteiger partial charge in [-0.15, -0.1) is 0 Å². The monoisotopic (exact) mass is 329 g/mol. The van der Waals surface area contributed by atoms with E-state index >= 15 is 0 Å². The van der Waals surface area contributed by atoms with Crippen molar-refractivity contribution in [2.75, 3.05) is 0 Å². The molecule has 124 valence electrons. The zero-order valence-corrected chi connectivity index (χ0v) is 13.9. The highest BCUT2D eigenvalue weighted by atomic mass is 16.3. The number of hydrogen-bond donors (Lipinski definition) is 2. The van der Waals surface area contributed by atoms with Gasteiger partial charge in [0, 0.05) is 17.5 Å². The number of phenolic OH excluding ortho intramolecular Hbond substituents is 2. The zero-order valence-electron chi connectivity index (χ0n) is 13.9. The number of aromatic hydroxyl groups is 2. The average molecular weight is 329 g/mol. The van der Waals surface area contributed by atoms with Crippen molar-refractivity contribution >= 4 is 24.3 Å². The van der Waals surface area contributed by atoms with Crippen LogP contribution in [-0.2, 0) is 0 Å². The molecule has 0 unspecified atom stereocenters. The minimum absolute atomic E-state index is 0.257. The fourth-order valence-electron chi connectivity index (χ4n) is 2.50. The molecule has 0 saturated carbocycles. The molecular weight excluding hydrogens is 310 g/mol. The number of aromatic nitrogens is 1. The summed E-state index contributed by atoms with van der Waals surface area (Å²) in [4.78, 5) is 4.37. The van der Waals surface area contributed by atoms with Gasteiger partial charge in [0.25, 0.3) is 0 Å². The first-order valence-corrected chi connectivity index (χ1v) is 8.02. The van der Waals surface area contributed by atoms with E-state index in [1.54, 1.807) is 30.5 Å². The molecular formula is C22H19NO2. The Bertz CT molecular complexity index is 908. The van der Waals surface area contributed by atoms with Crippen molar-refractivity contribution in [3.05, 3.63) is 88.7 Å². The maximum Gasteiger partial charge on any atom is 0.115 e. The molecule has 1 heterocycles. The number of benzene rings is 2. The molecule has 0 aliphatic rings. The van der Waals surface area contributed by atoms with Gasteiger partial charge in [0.2, 0.25) is 0 Å². The Kier molecular flexibility index (Phi) is 4.95. The van der Waals surface area contributed by atoms with Gasteiger partial charge < -0.3 is 10.2 Å². The van der Waals surface area contributed by atoms with Crippen molar-refractivity contribution in [1.29, 1.82) is 0 Å². The second-order valence-corrected chi connectivity index (χ2v) is 5.75. The molecule has 1 aromatic heterocycles. The van der Waals surface area contributed by atoms with Crippen LogP contribution in [0.5, 0.6) is 11.5 Å². The van der Waals surface area contributed by atoms with Gasteiger partial charge >= 0.3 is 0 Å². The van der Waals surface area contributed by atoms with Crippen LogP contribution in [0.4, 0.5) is 0 Å². The van der Waals surface area contributed by atoms with Crippen LogP contribution in [-0.4, -0.2) is 15.2 Å². The lowest BCUT2D eigenvalue weighted by Gasteiger charge is -2.05. The molecule has 0 atom stereocenters. The predicted octanol–water partition coefficient (Wildman–Crippen LogP) is 5.14. The Morgan fingerprint density at radius 3 is 1.76 bits per heavy atom. The molecule has 0 aliphatic carbocycles. The second-order valence-electron chi connectivity index (χ2n) is 5.75. The Morgan fingerprint density at radius 1 is 0.680 bits per heavy atom. The van der Waals surface area contributed by atoms with E-state index in [1.165, 1.54) is 0 Å². The highest BCUT2D eigenvalue weighted by Crippen LogP contribution is 2.20. The smallest absolute Gasteiger partial charge is 0.115 e. The Balaban J connectivity index is 1.89. The molecule has 25 heavy (non-hydrogen) atoms. The van der Waals surface area contributed by atoms with Crippen LogP contribution < -0.4 is 0 Å². The minimum Gasteiger partial charge on any atom is -0.508 e.